The summed E-state index contributed by atoms with van der Waals surface area (Å²) in [6.07, 6.45) is 4.25. The number of hydrogen-bond donors (Lipinski definition) is 1. The first-order valence-corrected chi connectivity index (χ1v) is 5.32. The molecule has 0 fully saturated rings. The Morgan fingerprint density at radius 2 is 2.17 bits per heavy atom. The molecule has 0 bridgehead atoms. The molecule has 3 heteroatoms. The van der Waals surface area contributed by atoms with E-state index in [4.69, 9.17) is 0 Å². The van der Waals surface area contributed by atoms with E-state index in [1.807, 2.05) is 25.6 Å². The van der Waals surface area contributed by atoms with Crippen LogP contribution in [0.2, 0.25) is 0 Å². The summed E-state index contributed by atoms with van der Waals surface area (Å²) in [5, 5.41) is 1.86. The maximum Gasteiger partial charge on any atom is 0.0232 e. The Bertz CT molecular complexity index is 183. The molecule has 0 aliphatic rings. The molecule has 70 valence electrons. The van der Waals surface area contributed by atoms with Crippen LogP contribution in [-0.4, -0.2) is 11.9 Å². The van der Waals surface area contributed by atoms with Gasteiger partial charge in [-0.3, -0.25) is 0 Å². The van der Waals surface area contributed by atoms with Gasteiger partial charge in [0.25, 0.3) is 0 Å². The van der Waals surface area contributed by atoms with Gasteiger partial charge in [0.15, 0.2) is 0 Å². The van der Waals surface area contributed by atoms with Gasteiger partial charge in [-0.15, -0.1) is 12.6 Å². The van der Waals surface area contributed by atoms with Crippen molar-refractivity contribution in [3.05, 3.63) is 21.8 Å². The highest BCUT2D eigenvalue weighted by atomic mass is 79.9. The number of thiol groups is 1. The first kappa shape index (κ1) is 12.1. The van der Waals surface area contributed by atoms with Crippen LogP contribution in [0.15, 0.2) is 21.8 Å². The van der Waals surface area contributed by atoms with Gasteiger partial charge in [0.1, 0.15) is 0 Å². The van der Waals surface area contributed by atoms with Crippen molar-refractivity contribution in [2.24, 2.45) is 0 Å². The third-order valence-electron chi connectivity index (χ3n) is 1.48. The van der Waals surface area contributed by atoms with Crippen molar-refractivity contribution in [1.82, 2.24) is 4.90 Å². The highest BCUT2D eigenvalue weighted by Crippen LogP contribution is 2.14. The molecule has 0 saturated heterocycles. The van der Waals surface area contributed by atoms with E-state index < -0.39 is 0 Å². The maximum atomic E-state index is 4.16. The predicted octanol–water partition coefficient (Wildman–Crippen LogP) is 3.75. The molecular weight excluding hydrogens is 234 g/mol. The first-order chi connectivity index (χ1) is 5.61. The lowest BCUT2D eigenvalue weighted by molar-refractivity contribution is 0.534. The van der Waals surface area contributed by atoms with Crippen molar-refractivity contribution >= 4 is 28.6 Å². The summed E-state index contributed by atoms with van der Waals surface area (Å²) in [5.41, 5.74) is 1.24. The lowest BCUT2D eigenvalue weighted by atomic mass is 10.2. The molecule has 0 rings (SSSR count). The summed E-state index contributed by atoms with van der Waals surface area (Å²) in [5.74, 6) is 0. The summed E-state index contributed by atoms with van der Waals surface area (Å²) < 4.78 is 1.12. The van der Waals surface area contributed by atoms with Gasteiger partial charge < -0.3 is 4.90 Å². The normalized spacial score (nSPS) is 13.4. The standard InChI is InChI=1S/C9H16BrNS/c1-4-5-9(7-12)11(3)6-8(2)10/h6-7,12H,4-5H2,1-3H3/b8-6+,9-7-. The number of halogens is 1. The van der Waals surface area contributed by atoms with Gasteiger partial charge >= 0.3 is 0 Å². The van der Waals surface area contributed by atoms with Crippen molar-refractivity contribution in [1.29, 1.82) is 0 Å². The van der Waals surface area contributed by atoms with Crippen LogP contribution in [0.25, 0.3) is 0 Å². The smallest absolute Gasteiger partial charge is 0.0232 e. The molecule has 0 spiro atoms. The van der Waals surface area contributed by atoms with Crippen LogP contribution in [0.5, 0.6) is 0 Å². The molecule has 0 aliphatic heterocycles. The van der Waals surface area contributed by atoms with E-state index in [1.165, 1.54) is 5.70 Å². The zero-order chi connectivity index (χ0) is 9.56. The Morgan fingerprint density at radius 1 is 1.58 bits per heavy atom. The number of rotatable bonds is 4. The summed E-state index contributed by atoms with van der Waals surface area (Å²) in [7, 11) is 2.03. The third-order valence-corrected chi connectivity index (χ3v) is 1.98. The van der Waals surface area contributed by atoms with Crippen LogP contribution in [0.3, 0.4) is 0 Å². The van der Waals surface area contributed by atoms with E-state index in [0.717, 1.165) is 17.3 Å². The van der Waals surface area contributed by atoms with E-state index in [9.17, 15) is 0 Å². The van der Waals surface area contributed by atoms with E-state index in [0.29, 0.717) is 0 Å². The van der Waals surface area contributed by atoms with Crippen LogP contribution in [0.4, 0.5) is 0 Å². The highest BCUT2D eigenvalue weighted by molar-refractivity contribution is 9.11. The zero-order valence-corrected chi connectivity index (χ0v) is 10.3. The summed E-state index contributed by atoms with van der Waals surface area (Å²) in [6, 6.07) is 0. The number of allylic oxidation sites excluding steroid dienone is 2. The molecule has 12 heavy (non-hydrogen) atoms. The second kappa shape index (κ2) is 6.61. The fourth-order valence-corrected chi connectivity index (χ4v) is 1.56. The van der Waals surface area contributed by atoms with Gasteiger partial charge in [0.05, 0.1) is 0 Å². The molecule has 1 nitrogen and oxygen atoms in total. The Morgan fingerprint density at radius 3 is 2.50 bits per heavy atom. The third kappa shape index (κ3) is 4.88. The first-order valence-electron chi connectivity index (χ1n) is 4.01. The second-order valence-corrected chi connectivity index (χ2v) is 4.21. The molecule has 0 heterocycles. The molecule has 0 N–H and O–H groups in total. The molecule has 0 amide bonds. The molecule has 0 aromatic rings. The monoisotopic (exact) mass is 249 g/mol. The largest absolute Gasteiger partial charge is 0.353 e. The molecule has 0 aromatic heterocycles. The Hall–Kier alpha value is 0.110. The van der Waals surface area contributed by atoms with E-state index in [2.05, 4.69) is 40.4 Å². The molecular formula is C9H16BrNS. The quantitative estimate of drug-likeness (QED) is 0.744. The average molecular weight is 250 g/mol. The lowest BCUT2D eigenvalue weighted by Crippen LogP contribution is -2.09. The molecule has 0 saturated carbocycles. The van der Waals surface area contributed by atoms with Gasteiger partial charge in [-0.05, 0) is 18.8 Å². The predicted molar refractivity (Wildman–Crippen MR) is 62.4 cm³/mol. The lowest BCUT2D eigenvalue weighted by Gasteiger charge is -2.17. The molecule has 0 unspecified atom stereocenters. The van der Waals surface area contributed by atoms with E-state index >= 15 is 0 Å². The van der Waals surface area contributed by atoms with E-state index in [-0.39, 0.29) is 0 Å². The van der Waals surface area contributed by atoms with Crippen molar-refractivity contribution in [3.8, 4) is 0 Å². The topological polar surface area (TPSA) is 3.24 Å². The second-order valence-electron chi connectivity index (χ2n) is 2.70. The Balaban J connectivity index is 4.23. The van der Waals surface area contributed by atoms with Crippen molar-refractivity contribution < 1.29 is 0 Å². The highest BCUT2D eigenvalue weighted by Gasteiger charge is 1.98. The summed E-state index contributed by atoms with van der Waals surface area (Å²) in [4.78, 5) is 2.08. The Kier molecular flexibility index (Phi) is 6.67. The SMILES string of the molecule is CCC/C(=C/S)N(C)/C=C(\C)Br. The van der Waals surface area contributed by atoms with Crippen molar-refractivity contribution in [2.75, 3.05) is 7.05 Å². The van der Waals surface area contributed by atoms with Crippen LogP contribution < -0.4 is 0 Å². The van der Waals surface area contributed by atoms with Crippen molar-refractivity contribution in [2.45, 2.75) is 26.7 Å². The van der Waals surface area contributed by atoms with Gasteiger partial charge in [-0.25, -0.2) is 0 Å². The van der Waals surface area contributed by atoms with Crippen LogP contribution in [-0.2, 0) is 0 Å². The fraction of sp³-hybridized carbons (Fsp3) is 0.556. The average Bonchev–Trinajstić information content (AvgIpc) is 1.98. The fourth-order valence-electron chi connectivity index (χ4n) is 0.938. The van der Waals surface area contributed by atoms with Gasteiger partial charge in [-0.2, -0.15) is 0 Å². The maximum absolute atomic E-state index is 4.16. The van der Waals surface area contributed by atoms with Gasteiger partial charge in [0, 0.05) is 23.4 Å². The number of nitrogens with zero attached hydrogens (tertiary/aromatic N) is 1. The van der Waals surface area contributed by atoms with E-state index in [1.54, 1.807) is 0 Å². The van der Waals surface area contributed by atoms with Gasteiger partial charge in [0.2, 0.25) is 0 Å². The minimum absolute atomic E-state index is 1.07. The van der Waals surface area contributed by atoms with Crippen LogP contribution in [0, 0.1) is 0 Å². The minimum Gasteiger partial charge on any atom is -0.353 e. The van der Waals surface area contributed by atoms with Crippen LogP contribution >= 0.6 is 28.6 Å². The zero-order valence-electron chi connectivity index (χ0n) is 7.84. The molecule has 0 radical (unpaired) electrons. The van der Waals surface area contributed by atoms with Crippen LogP contribution in [0.1, 0.15) is 26.7 Å². The molecule has 0 aromatic carbocycles. The summed E-state index contributed by atoms with van der Waals surface area (Å²) in [6.45, 7) is 4.18. The minimum atomic E-state index is 1.07. The molecule has 0 aliphatic carbocycles. The van der Waals surface area contributed by atoms with Gasteiger partial charge in [-0.1, -0.05) is 29.3 Å². The van der Waals surface area contributed by atoms with Crippen molar-refractivity contribution in [3.63, 3.8) is 0 Å². The number of hydrogen-bond acceptors (Lipinski definition) is 2. The molecule has 0 atom stereocenters. The summed E-state index contributed by atoms with van der Waals surface area (Å²) >= 11 is 7.55. The Labute approximate surface area is 89.1 Å².